The first-order valence-electron chi connectivity index (χ1n) is 6.30. The molecule has 0 spiro atoms. The number of nitrogens with two attached hydrogens (primary N) is 1. The van der Waals surface area contributed by atoms with E-state index in [2.05, 4.69) is 0 Å². The van der Waals surface area contributed by atoms with Gasteiger partial charge in [-0.25, -0.2) is 12.8 Å². The molecular weight excluding hydrogens is 309 g/mol. The Kier molecular flexibility index (Phi) is 5.03. The molecule has 21 heavy (non-hydrogen) atoms. The average Bonchev–Trinajstić information content (AvgIpc) is 2.46. The summed E-state index contributed by atoms with van der Waals surface area (Å²) in [6.45, 7) is 0.376. The third kappa shape index (κ3) is 4.30. The van der Waals surface area contributed by atoms with E-state index in [0.29, 0.717) is 17.9 Å². The molecule has 0 aliphatic rings. The zero-order valence-electron chi connectivity index (χ0n) is 11.5. The average molecular weight is 325 g/mol. The fraction of sp³-hybridized carbons (Fsp3) is 0.200. The van der Waals surface area contributed by atoms with Crippen LogP contribution < -0.4 is 5.73 Å². The third-order valence-electron chi connectivity index (χ3n) is 2.99. The van der Waals surface area contributed by atoms with Gasteiger partial charge >= 0.3 is 0 Å². The van der Waals surface area contributed by atoms with Crippen molar-refractivity contribution in [1.29, 1.82) is 0 Å². The highest BCUT2D eigenvalue weighted by Crippen LogP contribution is 2.25. The normalized spacial score (nSPS) is 11.6. The lowest BCUT2D eigenvalue weighted by atomic mass is 10.1. The summed E-state index contributed by atoms with van der Waals surface area (Å²) in [7, 11) is -3.19. The highest BCUT2D eigenvalue weighted by Gasteiger charge is 2.08. The number of halogens is 1. The summed E-state index contributed by atoms with van der Waals surface area (Å²) in [5, 5.41) is 0. The van der Waals surface area contributed by atoms with Crippen LogP contribution in [0.4, 0.5) is 4.39 Å². The molecule has 0 aromatic heterocycles. The number of hydrogen-bond donors (Lipinski definition) is 1. The minimum Gasteiger partial charge on any atom is -0.326 e. The van der Waals surface area contributed by atoms with Crippen molar-refractivity contribution in [3.8, 4) is 0 Å². The number of benzene rings is 2. The van der Waals surface area contributed by atoms with Crippen LogP contribution in [0.5, 0.6) is 0 Å². The van der Waals surface area contributed by atoms with Gasteiger partial charge in [-0.3, -0.25) is 0 Å². The lowest BCUT2D eigenvalue weighted by molar-refractivity contribution is 0.602. The molecular formula is C15H16FNO2S2. The van der Waals surface area contributed by atoms with Gasteiger partial charge in [-0.15, -0.1) is 11.8 Å². The van der Waals surface area contributed by atoms with Gasteiger partial charge in [-0.05, 0) is 41.5 Å². The minimum atomic E-state index is -3.19. The Balaban J connectivity index is 2.10. The lowest BCUT2D eigenvalue weighted by Gasteiger charge is -2.06. The second kappa shape index (κ2) is 6.60. The Bertz CT molecular complexity index is 728. The van der Waals surface area contributed by atoms with Crippen LogP contribution >= 0.6 is 11.8 Å². The first kappa shape index (κ1) is 16.0. The smallest absolute Gasteiger partial charge is 0.175 e. The Morgan fingerprint density at radius 2 is 1.81 bits per heavy atom. The van der Waals surface area contributed by atoms with Crippen LogP contribution in [0.25, 0.3) is 0 Å². The van der Waals surface area contributed by atoms with Crippen LogP contribution in [0, 0.1) is 5.82 Å². The van der Waals surface area contributed by atoms with Gasteiger partial charge in [0.25, 0.3) is 0 Å². The molecule has 3 nitrogen and oxygen atoms in total. The molecule has 0 aliphatic carbocycles. The predicted octanol–water partition coefficient (Wildman–Crippen LogP) is 2.98. The molecule has 2 aromatic carbocycles. The van der Waals surface area contributed by atoms with E-state index >= 15 is 0 Å². The van der Waals surface area contributed by atoms with Crippen molar-refractivity contribution < 1.29 is 12.8 Å². The topological polar surface area (TPSA) is 60.2 Å². The summed E-state index contributed by atoms with van der Waals surface area (Å²) >= 11 is 1.45. The third-order valence-corrected chi connectivity index (χ3v) is 5.18. The van der Waals surface area contributed by atoms with E-state index in [1.807, 2.05) is 0 Å². The highest BCUT2D eigenvalue weighted by molar-refractivity contribution is 7.98. The molecule has 2 aromatic rings. The minimum absolute atomic E-state index is 0.257. The van der Waals surface area contributed by atoms with Crippen LogP contribution in [0.15, 0.2) is 52.3 Å². The standard InChI is InChI=1S/C15H16FNO2S2/c1-21(18,19)14-5-3-13(4-6-14)20-10-12-8-11(9-17)2-7-15(12)16/h2-8H,9-10,17H2,1H3. The molecule has 0 amide bonds. The quantitative estimate of drug-likeness (QED) is 0.859. The first-order chi connectivity index (χ1) is 9.90. The Hall–Kier alpha value is -1.37. The molecule has 0 unspecified atom stereocenters. The fourth-order valence-corrected chi connectivity index (χ4v) is 3.31. The molecule has 2 rings (SSSR count). The molecule has 2 N–H and O–H groups in total. The zero-order chi connectivity index (χ0) is 15.5. The summed E-state index contributed by atoms with van der Waals surface area (Å²) in [6.07, 6.45) is 1.17. The van der Waals surface area contributed by atoms with Gasteiger partial charge in [0.05, 0.1) is 4.90 Å². The maximum Gasteiger partial charge on any atom is 0.175 e. The number of hydrogen-bond acceptors (Lipinski definition) is 4. The molecule has 0 heterocycles. The van der Waals surface area contributed by atoms with Gasteiger partial charge < -0.3 is 5.73 Å². The van der Waals surface area contributed by atoms with Gasteiger partial charge in [-0.2, -0.15) is 0 Å². The van der Waals surface area contributed by atoms with Crippen molar-refractivity contribution in [2.24, 2.45) is 5.73 Å². The summed E-state index contributed by atoms with van der Waals surface area (Å²) in [6, 6.07) is 11.4. The van der Waals surface area contributed by atoms with Gasteiger partial charge in [-0.1, -0.05) is 12.1 Å². The molecule has 0 fully saturated rings. The Morgan fingerprint density at radius 3 is 2.38 bits per heavy atom. The van der Waals surface area contributed by atoms with Crippen LogP contribution in [0.3, 0.4) is 0 Å². The largest absolute Gasteiger partial charge is 0.326 e. The van der Waals surface area contributed by atoms with E-state index in [1.165, 1.54) is 24.1 Å². The second-order valence-electron chi connectivity index (χ2n) is 4.66. The molecule has 0 atom stereocenters. The Labute approximate surface area is 128 Å². The summed E-state index contributed by atoms with van der Waals surface area (Å²) in [5.41, 5.74) is 7.03. The molecule has 0 saturated carbocycles. The van der Waals surface area contributed by atoms with E-state index in [0.717, 1.165) is 10.5 Å². The first-order valence-corrected chi connectivity index (χ1v) is 9.18. The van der Waals surface area contributed by atoms with Crippen molar-refractivity contribution >= 4 is 21.6 Å². The molecule has 112 valence electrons. The van der Waals surface area contributed by atoms with Gasteiger partial charge in [0, 0.05) is 23.4 Å². The van der Waals surface area contributed by atoms with Crippen molar-refractivity contribution in [1.82, 2.24) is 0 Å². The zero-order valence-corrected chi connectivity index (χ0v) is 13.2. The monoisotopic (exact) mass is 325 g/mol. The summed E-state index contributed by atoms with van der Waals surface area (Å²) in [5.74, 6) is 0.213. The molecule has 0 saturated heterocycles. The highest BCUT2D eigenvalue weighted by atomic mass is 32.2. The van der Waals surface area contributed by atoms with E-state index < -0.39 is 9.84 Å². The van der Waals surface area contributed by atoms with E-state index in [1.54, 1.807) is 36.4 Å². The number of thioether (sulfide) groups is 1. The van der Waals surface area contributed by atoms with Crippen LogP contribution in [0.1, 0.15) is 11.1 Å². The van der Waals surface area contributed by atoms with Crippen molar-refractivity contribution in [3.05, 3.63) is 59.4 Å². The molecule has 0 bridgehead atoms. The Morgan fingerprint density at radius 1 is 1.14 bits per heavy atom. The molecule has 0 aliphatic heterocycles. The lowest BCUT2D eigenvalue weighted by Crippen LogP contribution is -1.98. The number of rotatable bonds is 5. The van der Waals surface area contributed by atoms with Crippen LogP contribution in [-0.4, -0.2) is 14.7 Å². The van der Waals surface area contributed by atoms with E-state index in [-0.39, 0.29) is 10.7 Å². The van der Waals surface area contributed by atoms with E-state index in [9.17, 15) is 12.8 Å². The van der Waals surface area contributed by atoms with Gasteiger partial charge in [0.15, 0.2) is 9.84 Å². The van der Waals surface area contributed by atoms with Crippen molar-refractivity contribution in [3.63, 3.8) is 0 Å². The van der Waals surface area contributed by atoms with Crippen LogP contribution in [0.2, 0.25) is 0 Å². The number of sulfone groups is 1. The fourth-order valence-electron chi connectivity index (χ4n) is 1.81. The van der Waals surface area contributed by atoms with Crippen LogP contribution in [-0.2, 0) is 22.1 Å². The predicted molar refractivity (Wildman–Crippen MR) is 83.4 cm³/mol. The molecule has 0 radical (unpaired) electrons. The maximum absolute atomic E-state index is 13.7. The van der Waals surface area contributed by atoms with Gasteiger partial charge in [0.1, 0.15) is 5.82 Å². The maximum atomic E-state index is 13.7. The summed E-state index contributed by atoms with van der Waals surface area (Å²) in [4.78, 5) is 1.17. The molecule has 6 heteroatoms. The second-order valence-corrected chi connectivity index (χ2v) is 7.73. The van der Waals surface area contributed by atoms with E-state index in [4.69, 9.17) is 5.73 Å². The van der Waals surface area contributed by atoms with Crippen molar-refractivity contribution in [2.45, 2.75) is 22.1 Å². The SMILES string of the molecule is CS(=O)(=O)c1ccc(SCc2cc(CN)ccc2F)cc1. The van der Waals surface area contributed by atoms with Gasteiger partial charge in [0.2, 0.25) is 0 Å². The summed E-state index contributed by atoms with van der Waals surface area (Å²) < 4.78 is 36.4. The van der Waals surface area contributed by atoms with Crippen molar-refractivity contribution in [2.75, 3.05) is 6.26 Å².